The van der Waals surface area contributed by atoms with Crippen molar-refractivity contribution in [2.75, 3.05) is 0 Å². The molecule has 0 spiro atoms. The summed E-state index contributed by atoms with van der Waals surface area (Å²) in [4.78, 5) is 0. The van der Waals surface area contributed by atoms with Gasteiger partial charge in [-0.1, -0.05) is 12.8 Å². The maximum Gasteiger partial charge on any atom is 0.103 e. The number of halogens is 1. The van der Waals surface area contributed by atoms with Gasteiger partial charge < -0.3 is 0 Å². The van der Waals surface area contributed by atoms with Gasteiger partial charge in [0.1, 0.15) is 6.17 Å². The Kier molecular flexibility index (Phi) is 1.87. The lowest BCUT2D eigenvalue weighted by Gasteiger charge is -2.07. The third-order valence-corrected chi connectivity index (χ3v) is 1.91. The van der Waals surface area contributed by atoms with E-state index in [2.05, 4.69) is 6.92 Å². The van der Waals surface area contributed by atoms with Crippen LogP contribution in [0.5, 0.6) is 0 Å². The van der Waals surface area contributed by atoms with E-state index in [9.17, 15) is 4.39 Å². The summed E-state index contributed by atoms with van der Waals surface area (Å²) in [6.45, 7) is 3.35. The summed E-state index contributed by atoms with van der Waals surface area (Å²) < 4.78 is 12.3. The Hall–Kier alpha value is -0.0700. The molecule has 0 aromatic carbocycles. The second-order valence-electron chi connectivity index (χ2n) is 2.56. The van der Waals surface area contributed by atoms with Crippen LogP contribution in [0.1, 0.15) is 25.7 Å². The van der Waals surface area contributed by atoms with E-state index in [0.717, 1.165) is 12.8 Å². The Balaban J connectivity index is 2.24. The molecule has 0 N–H and O–H groups in total. The highest BCUT2D eigenvalue weighted by atomic mass is 19.1. The Morgan fingerprint density at radius 1 is 1.38 bits per heavy atom. The number of rotatable bonds is 1. The smallest absolute Gasteiger partial charge is 0.103 e. The third kappa shape index (κ3) is 1.21. The van der Waals surface area contributed by atoms with E-state index in [1.807, 2.05) is 0 Å². The molecule has 47 valence electrons. The third-order valence-electron chi connectivity index (χ3n) is 1.91. The highest BCUT2D eigenvalue weighted by Crippen LogP contribution is 2.28. The molecule has 0 aromatic heterocycles. The summed E-state index contributed by atoms with van der Waals surface area (Å²) in [5.74, 6) is 0.287. The Labute approximate surface area is 50.1 Å². The van der Waals surface area contributed by atoms with Crippen LogP contribution in [0.3, 0.4) is 0 Å². The van der Waals surface area contributed by atoms with Crippen molar-refractivity contribution in [1.82, 2.24) is 0 Å². The Morgan fingerprint density at radius 3 is 2.12 bits per heavy atom. The lowest BCUT2D eigenvalue weighted by atomic mass is 10.0. The zero-order valence-electron chi connectivity index (χ0n) is 5.07. The zero-order valence-corrected chi connectivity index (χ0v) is 5.07. The highest BCUT2D eigenvalue weighted by molar-refractivity contribution is 4.75. The van der Waals surface area contributed by atoms with Crippen LogP contribution in [0.4, 0.5) is 4.39 Å². The fraction of sp³-hybridized carbons (Fsp3) is 0.857. The fourth-order valence-electron chi connectivity index (χ4n) is 1.32. The van der Waals surface area contributed by atoms with E-state index in [0.29, 0.717) is 0 Å². The van der Waals surface area contributed by atoms with E-state index < -0.39 is 6.17 Å². The first kappa shape index (κ1) is 6.06. The quantitative estimate of drug-likeness (QED) is 0.492. The van der Waals surface area contributed by atoms with Crippen LogP contribution < -0.4 is 0 Å². The van der Waals surface area contributed by atoms with E-state index in [4.69, 9.17) is 0 Å². The topological polar surface area (TPSA) is 0 Å². The molecule has 0 saturated heterocycles. The van der Waals surface area contributed by atoms with Gasteiger partial charge in [-0.25, -0.2) is 4.39 Å². The van der Waals surface area contributed by atoms with Crippen LogP contribution in [0.25, 0.3) is 0 Å². The fourth-order valence-corrected chi connectivity index (χ4v) is 1.32. The second kappa shape index (κ2) is 2.47. The molecule has 0 aliphatic heterocycles. The van der Waals surface area contributed by atoms with Gasteiger partial charge in [-0.15, -0.1) is 0 Å². The number of hydrogen-bond donors (Lipinski definition) is 0. The highest BCUT2D eigenvalue weighted by Gasteiger charge is 2.20. The van der Waals surface area contributed by atoms with Crippen LogP contribution in [0.2, 0.25) is 0 Å². The molecule has 1 rings (SSSR count). The van der Waals surface area contributed by atoms with Crippen molar-refractivity contribution >= 4 is 0 Å². The second-order valence-corrected chi connectivity index (χ2v) is 2.56. The van der Waals surface area contributed by atoms with Crippen LogP contribution in [-0.2, 0) is 0 Å². The maximum absolute atomic E-state index is 12.3. The standard InChI is InChI=1S/C7H12F/c1-6(8)7-4-2-3-5-7/h6-7H,1-5H2. The molecule has 1 atom stereocenters. The first-order chi connectivity index (χ1) is 3.80. The van der Waals surface area contributed by atoms with E-state index >= 15 is 0 Å². The average Bonchev–Trinajstić information content (AvgIpc) is 2.12. The summed E-state index contributed by atoms with van der Waals surface area (Å²) in [7, 11) is 0. The first-order valence-corrected chi connectivity index (χ1v) is 3.28. The van der Waals surface area contributed by atoms with Gasteiger partial charge >= 0.3 is 0 Å². The molecule has 0 heterocycles. The van der Waals surface area contributed by atoms with E-state index in [-0.39, 0.29) is 5.92 Å². The molecule has 8 heavy (non-hydrogen) atoms. The van der Waals surface area contributed by atoms with Gasteiger partial charge in [0, 0.05) is 0 Å². The van der Waals surface area contributed by atoms with Gasteiger partial charge in [0.25, 0.3) is 0 Å². The van der Waals surface area contributed by atoms with Crippen LogP contribution >= 0.6 is 0 Å². The molecule has 0 nitrogen and oxygen atoms in total. The van der Waals surface area contributed by atoms with Crippen molar-refractivity contribution in [3.63, 3.8) is 0 Å². The molecule has 0 amide bonds. The monoisotopic (exact) mass is 115 g/mol. The minimum atomic E-state index is -0.808. The largest absolute Gasteiger partial charge is 0.247 e. The summed E-state index contributed by atoms with van der Waals surface area (Å²) in [6.07, 6.45) is 3.73. The van der Waals surface area contributed by atoms with Gasteiger partial charge in [-0.05, 0) is 25.7 Å². The maximum atomic E-state index is 12.3. The molecular weight excluding hydrogens is 103 g/mol. The molecule has 0 aromatic rings. The molecule has 1 radical (unpaired) electrons. The summed E-state index contributed by atoms with van der Waals surface area (Å²) in [5.41, 5.74) is 0. The number of alkyl halides is 1. The first-order valence-electron chi connectivity index (χ1n) is 3.28. The molecule has 1 heteroatoms. The minimum absolute atomic E-state index is 0.287. The van der Waals surface area contributed by atoms with Crippen LogP contribution in [-0.4, -0.2) is 6.17 Å². The van der Waals surface area contributed by atoms with Gasteiger partial charge in [-0.2, -0.15) is 0 Å². The van der Waals surface area contributed by atoms with Crippen molar-refractivity contribution in [3.8, 4) is 0 Å². The van der Waals surface area contributed by atoms with Gasteiger partial charge in [0.15, 0.2) is 0 Å². The van der Waals surface area contributed by atoms with Gasteiger partial charge in [-0.3, -0.25) is 0 Å². The minimum Gasteiger partial charge on any atom is -0.247 e. The lowest BCUT2D eigenvalue weighted by molar-refractivity contribution is 0.282. The van der Waals surface area contributed by atoms with Gasteiger partial charge in [0.05, 0.1) is 0 Å². The molecule has 1 aliphatic carbocycles. The summed E-state index contributed by atoms with van der Waals surface area (Å²) >= 11 is 0. The Bertz CT molecular complexity index is 62.8. The van der Waals surface area contributed by atoms with E-state index in [1.54, 1.807) is 0 Å². The normalized spacial score (nSPS) is 26.2. The molecule has 1 fully saturated rings. The van der Waals surface area contributed by atoms with E-state index in [1.165, 1.54) is 12.8 Å². The van der Waals surface area contributed by atoms with Crippen molar-refractivity contribution < 1.29 is 4.39 Å². The van der Waals surface area contributed by atoms with Crippen molar-refractivity contribution in [3.05, 3.63) is 6.92 Å². The van der Waals surface area contributed by atoms with Crippen LogP contribution in [0, 0.1) is 12.8 Å². The van der Waals surface area contributed by atoms with Crippen molar-refractivity contribution in [1.29, 1.82) is 0 Å². The summed E-state index contributed by atoms with van der Waals surface area (Å²) in [6, 6.07) is 0. The molecule has 1 saturated carbocycles. The predicted molar refractivity (Wildman–Crippen MR) is 32.2 cm³/mol. The van der Waals surface area contributed by atoms with Crippen molar-refractivity contribution in [2.45, 2.75) is 31.9 Å². The molecule has 0 bridgehead atoms. The van der Waals surface area contributed by atoms with Crippen LogP contribution in [0.15, 0.2) is 0 Å². The SMILES string of the molecule is [CH2]C(F)C1CCCC1. The molecule has 1 aliphatic rings. The summed E-state index contributed by atoms with van der Waals surface area (Å²) in [5, 5.41) is 0. The number of hydrogen-bond acceptors (Lipinski definition) is 0. The zero-order chi connectivity index (χ0) is 5.98. The molecule has 1 unspecified atom stereocenters. The van der Waals surface area contributed by atoms with Gasteiger partial charge in [0.2, 0.25) is 0 Å². The average molecular weight is 115 g/mol. The lowest BCUT2D eigenvalue weighted by Crippen LogP contribution is -2.06. The van der Waals surface area contributed by atoms with Crippen molar-refractivity contribution in [2.24, 2.45) is 5.92 Å². The predicted octanol–water partition coefficient (Wildman–Crippen LogP) is 2.35. The Morgan fingerprint density at radius 2 is 1.88 bits per heavy atom. The molecular formula is C7H12F.